The Morgan fingerprint density at radius 2 is 1.83 bits per heavy atom. The molecule has 1 amide bonds. The minimum absolute atomic E-state index is 0.0716. The zero-order valence-corrected chi connectivity index (χ0v) is 17.2. The van der Waals surface area contributed by atoms with E-state index < -0.39 is 10.0 Å². The summed E-state index contributed by atoms with van der Waals surface area (Å²) >= 11 is 0. The van der Waals surface area contributed by atoms with Gasteiger partial charge in [-0.2, -0.15) is 0 Å². The minimum atomic E-state index is -3.79. The van der Waals surface area contributed by atoms with E-state index in [4.69, 9.17) is 4.74 Å². The molecule has 0 aromatic heterocycles. The molecule has 0 atom stereocenters. The number of amides is 1. The average molecular weight is 421 g/mol. The molecule has 7 nitrogen and oxygen atoms in total. The molecular formula is C20H24FN3O4S. The van der Waals surface area contributed by atoms with Crippen molar-refractivity contribution in [2.45, 2.75) is 11.8 Å². The number of nitrogens with one attached hydrogen (secondary N) is 1. The number of benzene rings is 2. The van der Waals surface area contributed by atoms with Crippen LogP contribution in [0.5, 0.6) is 5.75 Å². The molecule has 0 saturated carbocycles. The van der Waals surface area contributed by atoms with Gasteiger partial charge in [0.05, 0.1) is 12.8 Å². The van der Waals surface area contributed by atoms with E-state index in [0.717, 1.165) is 0 Å². The highest BCUT2D eigenvalue weighted by Crippen LogP contribution is 2.26. The van der Waals surface area contributed by atoms with Crippen molar-refractivity contribution in [3.05, 3.63) is 53.8 Å². The number of piperazine rings is 1. The SMILES string of the molecule is CCNS(=O)(=O)c1cc(C(=O)N2CCN(c3ccccc3F)CC2)ccc1OC. The average Bonchev–Trinajstić information content (AvgIpc) is 2.73. The van der Waals surface area contributed by atoms with Crippen molar-refractivity contribution in [2.24, 2.45) is 0 Å². The van der Waals surface area contributed by atoms with Gasteiger partial charge in [0.25, 0.3) is 5.91 Å². The largest absolute Gasteiger partial charge is 0.495 e. The number of nitrogens with zero attached hydrogens (tertiary/aromatic N) is 2. The van der Waals surface area contributed by atoms with Crippen LogP contribution in [0.25, 0.3) is 0 Å². The van der Waals surface area contributed by atoms with Crippen LogP contribution in [-0.4, -0.2) is 59.1 Å². The Morgan fingerprint density at radius 3 is 2.45 bits per heavy atom. The number of carbonyl (C=O) groups excluding carboxylic acids is 1. The predicted octanol–water partition coefficient (Wildman–Crippen LogP) is 2.09. The van der Waals surface area contributed by atoms with Crippen molar-refractivity contribution in [1.29, 1.82) is 0 Å². The Bertz CT molecular complexity index is 989. The second kappa shape index (κ2) is 8.79. The topological polar surface area (TPSA) is 79.0 Å². The Hall–Kier alpha value is -2.65. The summed E-state index contributed by atoms with van der Waals surface area (Å²) in [5.41, 5.74) is 0.782. The number of methoxy groups -OCH3 is 1. The molecule has 0 radical (unpaired) electrons. The lowest BCUT2D eigenvalue weighted by molar-refractivity contribution is 0.0746. The van der Waals surface area contributed by atoms with Crippen LogP contribution in [0.3, 0.4) is 0 Å². The highest BCUT2D eigenvalue weighted by Gasteiger charge is 2.26. The molecule has 1 saturated heterocycles. The Morgan fingerprint density at radius 1 is 1.14 bits per heavy atom. The number of hydrogen-bond donors (Lipinski definition) is 1. The summed E-state index contributed by atoms with van der Waals surface area (Å²) in [6.07, 6.45) is 0. The van der Waals surface area contributed by atoms with Gasteiger partial charge in [0.1, 0.15) is 16.5 Å². The van der Waals surface area contributed by atoms with Gasteiger partial charge in [-0.05, 0) is 30.3 Å². The monoisotopic (exact) mass is 421 g/mol. The molecule has 1 fully saturated rings. The lowest BCUT2D eigenvalue weighted by Gasteiger charge is -2.36. The molecular weight excluding hydrogens is 397 g/mol. The van der Waals surface area contributed by atoms with Crippen molar-refractivity contribution < 1.29 is 22.3 Å². The maximum Gasteiger partial charge on any atom is 0.254 e. The van der Waals surface area contributed by atoms with E-state index in [-0.39, 0.29) is 34.5 Å². The molecule has 1 heterocycles. The molecule has 0 bridgehead atoms. The molecule has 0 unspecified atom stereocenters. The lowest BCUT2D eigenvalue weighted by Crippen LogP contribution is -2.49. The quantitative estimate of drug-likeness (QED) is 0.773. The summed E-state index contributed by atoms with van der Waals surface area (Å²) in [6, 6.07) is 10.9. The third-order valence-electron chi connectivity index (χ3n) is 4.79. The van der Waals surface area contributed by atoms with Gasteiger partial charge in [-0.1, -0.05) is 19.1 Å². The van der Waals surface area contributed by atoms with Crippen LogP contribution in [0.4, 0.5) is 10.1 Å². The molecule has 0 spiro atoms. The summed E-state index contributed by atoms with van der Waals surface area (Å²) in [5.74, 6) is -0.388. The van der Waals surface area contributed by atoms with Crippen LogP contribution in [0, 0.1) is 5.82 Å². The molecule has 9 heteroatoms. The number of para-hydroxylation sites is 1. The first kappa shape index (κ1) is 21.1. The normalized spacial score (nSPS) is 14.7. The minimum Gasteiger partial charge on any atom is -0.495 e. The zero-order chi connectivity index (χ0) is 21.0. The number of anilines is 1. The molecule has 1 N–H and O–H groups in total. The third kappa shape index (κ3) is 4.51. The Kier molecular flexibility index (Phi) is 6.39. The van der Waals surface area contributed by atoms with Gasteiger partial charge in [-0.15, -0.1) is 0 Å². The van der Waals surface area contributed by atoms with E-state index in [2.05, 4.69) is 4.72 Å². The van der Waals surface area contributed by atoms with E-state index in [1.807, 2.05) is 4.90 Å². The lowest BCUT2D eigenvalue weighted by atomic mass is 10.1. The van der Waals surface area contributed by atoms with Crippen molar-refractivity contribution >= 4 is 21.6 Å². The van der Waals surface area contributed by atoms with Gasteiger partial charge in [0, 0.05) is 38.3 Å². The Balaban J connectivity index is 1.77. The van der Waals surface area contributed by atoms with Gasteiger partial charge in [0.15, 0.2) is 0 Å². The van der Waals surface area contributed by atoms with Crippen molar-refractivity contribution in [3.63, 3.8) is 0 Å². The number of ether oxygens (including phenoxy) is 1. The summed E-state index contributed by atoms with van der Waals surface area (Å²) in [7, 11) is -2.41. The number of halogens is 1. The van der Waals surface area contributed by atoms with Crippen molar-refractivity contribution in [3.8, 4) is 5.75 Å². The van der Waals surface area contributed by atoms with Gasteiger partial charge < -0.3 is 14.5 Å². The highest BCUT2D eigenvalue weighted by atomic mass is 32.2. The van der Waals surface area contributed by atoms with Crippen LogP contribution in [-0.2, 0) is 10.0 Å². The fourth-order valence-corrected chi connectivity index (χ4v) is 4.56. The zero-order valence-electron chi connectivity index (χ0n) is 16.4. The van der Waals surface area contributed by atoms with Gasteiger partial charge >= 0.3 is 0 Å². The number of carbonyl (C=O) groups is 1. The van der Waals surface area contributed by atoms with Crippen LogP contribution >= 0.6 is 0 Å². The molecule has 1 aliphatic rings. The van der Waals surface area contributed by atoms with Gasteiger partial charge in [-0.25, -0.2) is 17.5 Å². The van der Waals surface area contributed by atoms with Gasteiger partial charge in [0.2, 0.25) is 10.0 Å². The Labute approximate surface area is 170 Å². The van der Waals surface area contributed by atoms with Crippen molar-refractivity contribution in [2.75, 3.05) is 44.7 Å². The fourth-order valence-electron chi connectivity index (χ4n) is 3.33. The molecule has 2 aromatic rings. The van der Waals surface area contributed by atoms with E-state index in [1.54, 1.807) is 36.1 Å². The molecule has 29 heavy (non-hydrogen) atoms. The van der Waals surface area contributed by atoms with Crippen LogP contribution in [0.1, 0.15) is 17.3 Å². The summed E-state index contributed by atoms with van der Waals surface area (Å²) in [5, 5.41) is 0. The number of sulfonamides is 1. The van der Waals surface area contributed by atoms with Crippen LogP contribution in [0.15, 0.2) is 47.4 Å². The molecule has 3 rings (SSSR count). The first-order valence-electron chi connectivity index (χ1n) is 9.34. The maximum atomic E-state index is 14.0. The summed E-state index contributed by atoms with van der Waals surface area (Å²) < 4.78 is 46.4. The smallest absolute Gasteiger partial charge is 0.254 e. The maximum absolute atomic E-state index is 14.0. The number of rotatable bonds is 6. The molecule has 0 aliphatic carbocycles. The predicted molar refractivity (Wildman–Crippen MR) is 108 cm³/mol. The summed E-state index contributed by atoms with van der Waals surface area (Å²) in [6.45, 7) is 3.70. The highest BCUT2D eigenvalue weighted by molar-refractivity contribution is 7.89. The standard InChI is InChI=1S/C20H24FN3O4S/c1-3-22-29(26,27)19-14-15(8-9-18(19)28-2)20(25)24-12-10-23(11-13-24)17-7-5-4-6-16(17)21/h4-9,14,22H,3,10-13H2,1-2H3. The van der Waals surface area contributed by atoms with E-state index >= 15 is 0 Å². The fraction of sp³-hybridized carbons (Fsp3) is 0.350. The first-order valence-corrected chi connectivity index (χ1v) is 10.8. The van der Waals surface area contributed by atoms with Crippen molar-refractivity contribution in [1.82, 2.24) is 9.62 Å². The van der Waals surface area contributed by atoms with E-state index in [9.17, 15) is 17.6 Å². The molecule has 1 aliphatic heterocycles. The number of hydrogen-bond acceptors (Lipinski definition) is 5. The molecule has 2 aromatic carbocycles. The second-order valence-electron chi connectivity index (χ2n) is 6.60. The summed E-state index contributed by atoms with van der Waals surface area (Å²) in [4.78, 5) is 16.4. The first-order chi connectivity index (χ1) is 13.9. The third-order valence-corrected chi connectivity index (χ3v) is 6.36. The van der Waals surface area contributed by atoms with Gasteiger partial charge in [-0.3, -0.25) is 4.79 Å². The second-order valence-corrected chi connectivity index (χ2v) is 8.33. The van der Waals surface area contributed by atoms with Crippen LogP contribution in [0.2, 0.25) is 0 Å². The van der Waals surface area contributed by atoms with Crippen LogP contribution < -0.4 is 14.4 Å². The van der Waals surface area contributed by atoms with E-state index in [1.165, 1.54) is 25.3 Å². The van der Waals surface area contributed by atoms with E-state index in [0.29, 0.717) is 31.9 Å². The molecule has 156 valence electrons.